The summed E-state index contributed by atoms with van der Waals surface area (Å²) in [6.45, 7) is 3.53. The van der Waals surface area contributed by atoms with Crippen molar-refractivity contribution < 1.29 is 14.2 Å². The molecule has 0 unspecified atom stereocenters. The highest BCUT2D eigenvalue weighted by atomic mass is 127. The van der Waals surface area contributed by atoms with Crippen LogP contribution in [0.25, 0.3) is 0 Å². The second-order valence-electron chi connectivity index (χ2n) is 4.91. The van der Waals surface area contributed by atoms with Crippen molar-refractivity contribution in [2.45, 2.75) is 13.5 Å². The van der Waals surface area contributed by atoms with Crippen molar-refractivity contribution in [2.75, 3.05) is 25.6 Å². The van der Waals surface area contributed by atoms with Gasteiger partial charge in [-0.2, -0.15) is 0 Å². The van der Waals surface area contributed by atoms with Crippen molar-refractivity contribution in [2.24, 2.45) is 0 Å². The minimum atomic E-state index is 0.218. The molecule has 24 heavy (non-hydrogen) atoms. The molecule has 0 aliphatic rings. The zero-order valence-corrected chi connectivity index (χ0v) is 15.9. The largest absolute Gasteiger partial charge is 0.494 e. The molecule has 0 aliphatic carbocycles. The minimum absolute atomic E-state index is 0.218. The van der Waals surface area contributed by atoms with Crippen molar-refractivity contribution in [3.63, 3.8) is 0 Å². The van der Waals surface area contributed by atoms with Crippen molar-refractivity contribution >= 4 is 28.3 Å². The molecule has 4 nitrogen and oxygen atoms in total. The summed E-state index contributed by atoms with van der Waals surface area (Å²) in [7, 11) is 1.62. The highest BCUT2D eigenvalue weighted by molar-refractivity contribution is 14.1. The number of hydrogen-bond acceptors (Lipinski definition) is 4. The van der Waals surface area contributed by atoms with Crippen LogP contribution >= 0.6 is 22.6 Å². The fraction of sp³-hybridized carbons (Fsp3) is 0.263. The standard InChI is InChI=1S/C19H20INO3/c1-4-10-24-19-17(20)11-14(12-18(19)22-3)13-21-15-6-8-16(9-7-15)23-5-2/h1,6-9,11-12,21H,5,10,13H2,2-3H3. The summed E-state index contributed by atoms with van der Waals surface area (Å²) in [4.78, 5) is 0. The fourth-order valence-electron chi connectivity index (χ4n) is 2.17. The van der Waals surface area contributed by atoms with Gasteiger partial charge < -0.3 is 19.5 Å². The van der Waals surface area contributed by atoms with Gasteiger partial charge in [0.1, 0.15) is 12.4 Å². The minimum Gasteiger partial charge on any atom is -0.494 e. The van der Waals surface area contributed by atoms with Gasteiger partial charge in [0.2, 0.25) is 0 Å². The summed E-state index contributed by atoms with van der Waals surface area (Å²) in [5, 5.41) is 3.38. The predicted molar refractivity (Wildman–Crippen MR) is 105 cm³/mol. The topological polar surface area (TPSA) is 39.7 Å². The van der Waals surface area contributed by atoms with Crippen LogP contribution in [0.4, 0.5) is 5.69 Å². The molecule has 0 spiro atoms. The monoisotopic (exact) mass is 437 g/mol. The van der Waals surface area contributed by atoms with Crippen LogP contribution in [0.15, 0.2) is 36.4 Å². The lowest BCUT2D eigenvalue weighted by molar-refractivity contribution is 0.328. The first-order chi connectivity index (χ1) is 11.7. The molecular weight excluding hydrogens is 417 g/mol. The third-order valence-electron chi connectivity index (χ3n) is 3.25. The van der Waals surface area contributed by atoms with Crippen LogP contribution in [-0.4, -0.2) is 20.3 Å². The van der Waals surface area contributed by atoms with Gasteiger partial charge in [0.25, 0.3) is 0 Å². The predicted octanol–water partition coefficient (Wildman–Crippen LogP) is 4.32. The van der Waals surface area contributed by atoms with Gasteiger partial charge in [-0.1, -0.05) is 5.92 Å². The molecule has 0 atom stereocenters. The van der Waals surface area contributed by atoms with Crippen LogP contribution in [0.1, 0.15) is 12.5 Å². The van der Waals surface area contributed by atoms with Crippen LogP contribution in [0.5, 0.6) is 17.2 Å². The third kappa shape index (κ3) is 4.96. The number of methoxy groups -OCH3 is 1. The number of anilines is 1. The van der Waals surface area contributed by atoms with E-state index in [9.17, 15) is 0 Å². The average Bonchev–Trinajstić information content (AvgIpc) is 2.60. The van der Waals surface area contributed by atoms with Crippen molar-refractivity contribution in [3.05, 3.63) is 45.5 Å². The summed E-state index contributed by atoms with van der Waals surface area (Å²) < 4.78 is 17.4. The summed E-state index contributed by atoms with van der Waals surface area (Å²) in [5.41, 5.74) is 2.12. The van der Waals surface area contributed by atoms with Crippen LogP contribution in [0, 0.1) is 15.9 Å². The number of benzene rings is 2. The number of rotatable bonds is 8. The lowest BCUT2D eigenvalue weighted by Crippen LogP contribution is -2.03. The first-order valence-corrected chi connectivity index (χ1v) is 8.65. The SMILES string of the molecule is C#CCOc1c(I)cc(CNc2ccc(OCC)cc2)cc1OC. The maximum atomic E-state index is 5.56. The van der Waals surface area contributed by atoms with Crippen molar-refractivity contribution in [1.29, 1.82) is 0 Å². The molecule has 0 heterocycles. The molecule has 2 aromatic carbocycles. The summed E-state index contributed by atoms with van der Waals surface area (Å²) in [6, 6.07) is 11.9. The molecule has 126 valence electrons. The molecule has 2 aromatic rings. The number of hydrogen-bond donors (Lipinski definition) is 1. The zero-order valence-electron chi connectivity index (χ0n) is 13.8. The Labute approximate surface area is 156 Å². The summed E-state index contributed by atoms with van der Waals surface area (Å²) in [6.07, 6.45) is 5.25. The first-order valence-electron chi connectivity index (χ1n) is 7.57. The van der Waals surface area contributed by atoms with Gasteiger partial charge in [-0.05, 0) is 71.5 Å². The van der Waals surface area contributed by atoms with E-state index in [0.29, 0.717) is 24.7 Å². The van der Waals surface area contributed by atoms with E-state index in [4.69, 9.17) is 20.6 Å². The quantitative estimate of drug-likeness (QED) is 0.493. The maximum absolute atomic E-state index is 5.56. The molecule has 0 fully saturated rings. The lowest BCUT2D eigenvalue weighted by atomic mass is 10.2. The van der Waals surface area contributed by atoms with Gasteiger partial charge in [0.15, 0.2) is 11.5 Å². The maximum Gasteiger partial charge on any atom is 0.175 e. The second-order valence-corrected chi connectivity index (χ2v) is 6.07. The van der Waals surface area contributed by atoms with Crippen molar-refractivity contribution in [3.8, 4) is 29.6 Å². The Morgan fingerprint density at radius 2 is 1.92 bits per heavy atom. The number of halogens is 1. The molecular formula is C19H20INO3. The normalized spacial score (nSPS) is 9.92. The van der Waals surface area contributed by atoms with E-state index in [1.807, 2.05) is 37.3 Å². The Kier molecular flexibility index (Phi) is 7.07. The van der Waals surface area contributed by atoms with Gasteiger partial charge in [0, 0.05) is 12.2 Å². The molecule has 0 saturated heterocycles. The fourth-order valence-corrected chi connectivity index (χ4v) is 2.99. The Morgan fingerprint density at radius 3 is 2.54 bits per heavy atom. The molecule has 0 radical (unpaired) electrons. The average molecular weight is 437 g/mol. The van der Waals surface area contributed by atoms with Crippen LogP contribution in [-0.2, 0) is 6.54 Å². The van der Waals surface area contributed by atoms with Crippen LogP contribution < -0.4 is 19.5 Å². The molecule has 0 aliphatic heterocycles. The van der Waals surface area contributed by atoms with E-state index in [1.165, 1.54) is 0 Å². The molecule has 0 aromatic heterocycles. The number of ether oxygens (including phenoxy) is 3. The van der Waals surface area contributed by atoms with Crippen LogP contribution in [0.2, 0.25) is 0 Å². The van der Waals surface area contributed by atoms with Gasteiger partial charge in [-0.3, -0.25) is 0 Å². The van der Waals surface area contributed by atoms with Gasteiger partial charge in [-0.25, -0.2) is 0 Å². The Balaban J connectivity index is 2.07. The Hall–Kier alpha value is -2.07. The lowest BCUT2D eigenvalue weighted by Gasteiger charge is -2.14. The van der Waals surface area contributed by atoms with E-state index >= 15 is 0 Å². The summed E-state index contributed by atoms with van der Waals surface area (Å²) in [5.74, 6) is 4.70. The molecule has 0 amide bonds. The van der Waals surface area contributed by atoms with E-state index in [-0.39, 0.29) is 6.61 Å². The van der Waals surface area contributed by atoms with Gasteiger partial charge >= 0.3 is 0 Å². The van der Waals surface area contributed by atoms with Gasteiger partial charge in [0.05, 0.1) is 17.3 Å². The Morgan fingerprint density at radius 1 is 1.17 bits per heavy atom. The smallest absolute Gasteiger partial charge is 0.175 e. The molecule has 0 saturated carbocycles. The number of terminal acetylenes is 1. The Bertz CT molecular complexity index is 708. The highest BCUT2D eigenvalue weighted by Crippen LogP contribution is 2.34. The van der Waals surface area contributed by atoms with E-state index in [2.05, 4.69) is 39.9 Å². The van der Waals surface area contributed by atoms with Gasteiger partial charge in [-0.15, -0.1) is 6.42 Å². The molecule has 2 rings (SSSR count). The van der Waals surface area contributed by atoms with E-state index in [0.717, 1.165) is 20.6 Å². The van der Waals surface area contributed by atoms with Crippen molar-refractivity contribution in [1.82, 2.24) is 0 Å². The third-order valence-corrected chi connectivity index (χ3v) is 4.05. The highest BCUT2D eigenvalue weighted by Gasteiger charge is 2.11. The molecule has 1 N–H and O–H groups in total. The second kappa shape index (κ2) is 9.28. The van der Waals surface area contributed by atoms with E-state index in [1.54, 1.807) is 7.11 Å². The summed E-state index contributed by atoms with van der Waals surface area (Å²) >= 11 is 2.22. The molecule has 5 heteroatoms. The van der Waals surface area contributed by atoms with E-state index < -0.39 is 0 Å². The first kappa shape index (κ1) is 18.3. The van der Waals surface area contributed by atoms with Crippen LogP contribution in [0.3, 0.4) is 0 Å². The zero-order chi connectivity index (χ0) is 17.4. The molecule has 0 bridgehead atoms. The number of nitrogens with one attached hydrogen (secondary N) is 1.